The monoisotopic (exact) mass is 497 g/mol. The predicted molar refractivity (Wildman–Crippen MR) is 130 cm³/mol. The molecule has 0 saturated heterocycles. The molecule has 0 fully saturated rings. The van der Waals surface area contributed by atoms with Crippen LogP contribution in [0.2, 0.25) is 0 Å². The van der Waals surface area contributed by atoms with Crippen LogP contribution < -0.4 is 5.56 Å². The van der Waals surface area contributed by atoms with Gasteiger partial charge in [-0.25, -0.2) is 4.79 Å². The fourth-order valence-corrected chi connectivity index (χ4v) is 5.16. The molecular weight excluding hydrogens is 470 g/mol. The van der Waals surface area contributed by atoms with Crippen molar-refractivity contribution in [2.75, 3.05) is 27.2 Å². The van der Waals surface area contributed by atoms with Crippen LogP contribution in [-0.4, -0.2) is 47.7 Å². The highest BCUT2D eigenvalue weighted by Crippen LogP contribution is 2.41. The lowest BCUT2D eigenvalue weighted by atomic mass is 9.92. The van der Waals surface area contributed by atoms with E-state index in [2.05, 4.69) is 25.8 Å². The van der Waals surface area contributed by atoms with Crippen LogP contribution in [0, 0.1) is 0 Å². The Kier molecular flexibility index (Phi) is 6.67. The van der Waals surface area contributed by atoms with Crippen molar-refractivity contribution in [3.63, 3.8) is 0 Å². The maximum absolute atomic E-state index is 13.1. The maximum Gasteiger partial charge on any atom is 0.356 e. The fraction of sp³-hybridized carbons (Fsp3) is 0.360. The van der Waals surface area contributed by atoms with Crippen LogP contribution in [0.1, 0.15) is 35.0 Å². The quantitative estimate of drug-likeness (QED) is 0.488. The van der Waals surface area contributed by atoms with Crippen LogP contribution >= 0.6 is 15.9 Å². The van der Waals surface area contributed by atoms with E-state index >= 15 is 0 Å². The molecular formula is C25H28BrN3O3. The first kappa shape index (κ1) is 22.6. The fourth-order valence-electron chi connectivity index (χ4n) is 4.40. The number of aromatic nitrogens is 2. The van der Waals surface area contributed by atoms with Gasteiger partial charge in [-0.3, -0.25) is 4.79 Å². The molecule has 0 atom stereocenters. The Morgan fingerprint density at radius 2 is 1.97 bits per heavy atom. The topological polar surface area (TPSA) is 67.3 Å². The minimum Gasteiger partial charge on any atom is -0.461 e. The average molecular weight is 498 g/mol. The number of rotatable bonds is 7. The van der Waals surface area contributed by atoms with Gasteiger partial charge in [0, 0.05) is 12.1 Å². The van der Waals surface area contributed by atoms with Gasteiger partial charge in [0.15, 0.2) is 0 Å². The van der Waals surface area contributed by atoms with Crippen LogP contribution in [0.3, 0.4) is 0 Å². The summed E-state index contributed by atoms with van der Waals surface area (Å²) in [4.78, 5) is 31.2. The molecule has 0 radical (unpaired) electrons. The molecule has 1 N–H and O–H groups in total. The summed E-state index contributed by atoms with van der Waals surface area (Å²) >= 11 is 3.68. The average Bonchev–Trinajstić information content (AvgIpc) is 3.06. The molecule has 2 heterocycles. The Morgan fingerprint density at radius 3 is 2.66 bits per heavy atom. The second-order valence-electron chi connectivity index (χ2n) is 8.30. The third kappa shape index (κ3) is 4.19. The highest BCUT2D eigenvalue weighted by atomic mass is 79.9. The first-order chi connectivity index (χ1) is 15.4. The van der Waals surface area contributed by atoms with Gasteiger partial charge in [0.25, 0.3) is 5.56 Å². The highest BCUT2D eigenvalue weighted by Gasteiger charge is 2.31. The van der Waals surface area contributed by atoms with Gasteiger partial charge in [-0.1, -0.05) is 30.3 Å². The van der Waals surface area contributed by atoms with Crippen molar-refractivity contribution in [3.8, 4) is 22.5 Å². The van der Waals surface area contributed by atoms with E-state index in [1.165, 1.54) is 0 Å². The molecule has 1 aromatic carbocycles. The van der Waals surface area contributed by atoms with Crippen molar-refractivity contribution < 1.29 is 9.53 Å². The summed E-state index contributed by atoms with van der Waals surface area (Å²) in [5, 5.41) is 0. The number of fused-ring (bicyclic) bond motifs is 3. The van der Waals surface area contributed by atoms with Gasteiger partial charge < -0.3 is 19.2 Å². The molecule has 2 aromatic heterocycles. The van der Waals surface area contributed by atoms with E-state index in [9.17, 15) is 9.59 Å². The lowest BCUT2D eigenvalue weighted by Gasteiger charge is -2.21. The predicted octanol–water partition coefficient (Wildman–Crippen LogP) is 4.50. The van der Waals surface area contributed by atoms with Crippen molar-refractivity contribution in [1.29, 1.82) is 0 Å². The number of nitrogens with zero attached hydrogens (tertiary/aromatic N) is 2. The molecule has 0 saturated carbocycles. The Hall–Kier alpha value is -2.64. The Labute approximate surface area is 196 Å². The van der Waals surface area contributed by atoms with Gasteiger partial charge in [0.2, 0.25) is 0 Å². The molecule has 0 aliphatic heterocycles. The number of benzene rings is 1. The molecule has 0 bridgehead atoms. The van der Waals surface area contributed by atoms with Gasteiger partial charge in [0.1, 0.15) is 5.69 Å². The normalized spacial score (nSPS) is 12.5. The number of ether oxygens (including phenoxy) is 1. The van der Waals surface area contributed by atoms with Crippen LogP contribution in [-0.2, 0) is 24.1 Å². The van der Waals surface area contributed by atoms with E-state index in [-0.39, 0.29) is 11.5 Å². The van der Waals surface area contributed by atoms with E-state index in [0.717, 1.165) is 58.4 Å². The van der Waals surface area contributed by atoms with Gasteiger partial charge in [-0.15, -0.1) is 0 Å². The smallest absolute Gasteiger partial charge is 0.356 e. The minimum atomic E-state index is -0.344. The van der Waals surface area contributed by atoms with Crippen molar-refractivity contribution in [2.45, 2.75) is 32.7 Å². The van der Waals surface area contributed by atoms with Crippen molar-refractivity contribution >= 4 is 21.9 Å². The molecule has 4 rings (SSSR count). The SMILES string of the molecule is CCOC(=O)c1c(Br)c2c(n1CCCN(C)C)-c1[nH]c(=O)c(-c3ccccc3)cc1CC2. The van der Waals surface area contributed by atoms with Gasteiger partial charge in [-0.05, 0) is 85.5 Å². The number of halogens is 1. The third-order valence-electron chi connectivity index (χ3n) is 5.84. The molecule has 168 valence electrons. The van der Waals surface area contributed by atoms with Crippen molar-refractivity contribution in [2.24, 2.45) is 0 Å². The lowest BCUT2D eigenvalue weighted by molar-refractivity contribution is 0.0512. The summed E-state index contributed by atoms with van der Waals surface area (Å²) in [7, 11) is 4.07. The van der Waals surface area contributed by atoms with Crippen molar-refractivity contribution in [3.05, 3.63) is 68.0 Å². The molecule has 0 amide bonds. The van der Waals surface area contributed by atoms with E-state index in [4.69, 9.17) is 4.74 Å². The number of aryl methyl sites for hydroxylation is 1. The summed E-state index contributed by atoms with van der Waals surface area (Å²) in [6, 6.07) is 11.7. The zero-order chi connectivity index (χ0) is 22.8. The first-order valence-electron chi connectivity index (χ1n) is 11.0. The number of carbonyl (C=O) groups excluding carboxylic acids is 1. The van der Waals surface area contributed by atoms with Gasteiger partial charge in [0.05, 0.1) is 22.5 Å². The van der Waals surface area contributed by atoms with Gasteiger partial charge in [-0.2, -0.15) is 0 Å². The number of esters is 1. The lowest BCUT2D eigenvalue weighted by Crippen LogP contribution is -2.20. The van der Waals surface area contributed by atoms with Gasteiger partial charge >= 0.3 is 5.97 Å². The summed E-state index contributed by atoms with van der Waals surface area (Å²) in [5.41, 5.74) is 5.82. The Balaban J connectivity index is 1.86. The number of carbonyl (C=O) groups is 1. The summed E-state index contributed by atoms with van der Waals surface area (Å²) in [6.07, 6.45) is 2.45. The highest BCUT2D eigenvalue weighted by molar-refractivity contribution is 9.10. The molecule has 32 heavy (non-hydrogen) atoms. The molecule has 0 unspecified atom stereocenters. The Morgan fingerprint density at radius 1 is 1.22 bits per heavy atom. The molecule has 1 aliphatic carbocycles. The number of H-pyrrole nitrogens is 1. The summed E-state index contributed by atoms with van der Waals surface area (Å²) in [5.74, 6) is -0.344. The second kappa shape index (κ2) is 9.46. The summed E-state index contributed by atoms with van der Waals surface area (Å²) < 4.78 is 8.17. The number of pyridine rings is 1. The molecule has 7 heteroatoms. The van der Waals surface area contributed by atoms with Crippen LogP contribution in [0.25, 0.3) is 22.5 Å². The molecule has 0 spiro atoms. The number of hydrogen-bond donors (Lipinski definition) is 1. The third-order valence-corrected chi connectivity index (χ3v) is 6.70. The maximum atomic E-state index is 13.1. The van der Waals surface area contributed by atoms with Crippen LogP contribution in [0.5, 0.6) is 0 Å². The Bertz CT molecular complexity index is 1200. The van der Waals surface area contributed by atoms with Crippen LogP contribution in [0.4, 0.5) is 0 Å². The van der Waals surface area contributed by atoms with E-state index in [1.807, 2.05) is 62.0 Å². The molecule has 1 aliphatic rings. The largest absolute Gasteiger partial charge is 0.461 e. The van der Waals surface area contributed by atoms with E-state index in [0.29, 0.717) is 24.4 Å². The minimum absolute atomic E-state index is 0.127. The number of hydrogen-bond acceptors (Lipinski definition) is 4. The molecule has 6 nitrogen and oxygen atoms in total. The second-order valence-corrected chi connectivity index (χ2v) is 9.09. The molecule has 3 aromatic rings. The number of aromatic amines is 1. The van der Waals surface area contributed by atoms with Crippen LogP contribution in [0.15, 0.2) is 45.7 Å². The standard InChI is InChI=1S/C25H28BrN3O3/c1-4-32-25(31)23-20(26)18-12-11-17-15-19(16-9-6-5-7-10-16)24(30)27-21(17)22(18)29(23)14-8-13-28(2)3/h5-7,9-10,15H,4,8,11-14H2,1-3H3,(H,27,30). The zero-order valence-electron chi connectivity index (χ0n) is 18.7. The number of nitrogens with one attached hydrogen (secondary N) is 1. The summed E-state index contributed by atoms with van der Waals surface area (Å²) in [6.45, 7) is 3.67. The van der Waals surface area contributed by atoms with E-state index in [1.54, 1.807) is 0 Å². The zero-order valence-corrected chi connectivity index (χ0v) is 20.3. The first-order valence-corrected chi connectivity index (χ1v) is 11.8. The van der Waals surface area contributed by atoms with Crippen molar-refractivity contribution in [1.82, 2.24) is 14.5 Å². The van der Waals surface area contributed by atoms with E-state index < -0.39 is 0 Å².